The van der Waals surface area contributed by atoms with Crippen molar-refractivity contribution in [3.05, 3.63) is 59.2 Å². The van der Waals surface area contributed by atoms with Crippen molar-refractivity contribution < 1.29 is 9.59 Å². The summed E-state index contributed by atoms with van der Waals surface area (Å²) in [4.78, 5) is 22.6. The minimum atomic E-state index is -0.423. The van der Waals surface area contributed by atoms with Gasteiger partial charge in [0, 0.05) is 24.4 Å². The predicted octanol–water partition coefficient (Wildman–Crippen LogP) is 2.36. The number of carbonyl (C=O) groups excluding carboxylic acids is 2. The summed E-state index contributed by atoms with van der Waals surface area (Å²) in [5.74, 6) is -0.0629. The van der Waals surface area contributed by atoms with Gasteiger partial charge in [0.15, 0.2) is 0 Å². The Morgan fingerprint density at radius 1 is 1.18 bits per heavy atom. The van der Waals surface area contributed by atoms with Gasteiger partial charge in [-0.3, -0.25) is 9.59 Å². The number of rotatable bonds is 3. The third-order valence-corrected chi connectivity index (χ3v) is 4.19. The molecule has 4 nitrogen and oxygen atoms in total. The number of primary amides is 1. The molecule has 22 heavy (non-hydrogen) atoms. The van der Waals surface area contributed by atoms with Crippen LogP contribution in [0.1, 0.15) is 33.8 Å². The van der Waals surface area contributed by atoms with Crippen LogP contribution in [0.15, 0.2) is 42.5 Å². The lowest BCUT2D eigenvalue weighted by Crippen LogP contribution is -2.13. The van der Waals surface area contributed by atoms with E-state index >= 15 is 0 Å². The highest BCUT2D eigenvalue weighted by Crippen LogP contribution is 2.28. The van der Waals surface area contributed by atoms with Crippen LogP contribution in [0.5, 0.6) is 0 Å². The lowest BCUT2D eigenvalue weighted by Gasteiger charge is -2.11. The van der Waals surface area contributed by atoms with Gasteiger partial charge in [0.1, 0.15) is 0 Å². The molecule has 1 aliphatic rings. The number of hydrogen-bond acceptors (Lipinski definition) is 2. The number of hydrogen-bond donors (Lipinski definition) is 2. The largest absolute Gasteiger partial charge is 0.366 e. The monoisotopic (exact) mass is 294 g/mol. The maximum Gasteiger partial charge on any atom is 0.248 e. The molecule has 2 amide bonds. The van der Waals surface area contributed by atoms with E-state index in [-0.39, 0.29) is 11.8 Å². The molecule has 0 aliphatic carbocycles. The molecule has 0 bridgehead atoms. The number of amides is 2. The molecule has 1 heterocycles. The fraction of sp³-hybridized carbons (Fsp3) is 0.222. The molecule has 112 valence electrons. The average molecular weight is 294 g/mol. The van der Waals surface area contributed by atoms with Crippen LogP contribution in [0.3, 0.4) is 0 Å². The first-order valence-corrected chi connectivity index (χ1v) is 7.32. The van der Waals surface area contributed by atoms with Gasteiger partial charge in [-0.15, -0.1) is 0 Å². The second-order valence-corrected chi connectivity index (χ2v) is 5.72. The summed E-state index contributed by atoms with van der Waals surface area (Å²) in [5.41, 5.74) is 10.2. The second-order valence-electron chi connectivity index (χ2n) is 5.72. The number of nitrogens with one attached hydrogen (secondary N) is 1. The van der Waals surface area contributed by atoms with Gasteiger partial charge in [-0.2, -0.15) is 0 Å². The Morgan fingerprint density at radius 3 is 2.50 bits per heavy atom. The normalized spacial score (nSPS) is 17.3. The van der Waals surface area contributed by atoms with Crippen LogP contribution in [0.25, 0.3) is 11.1 Å². The summed E-state index contributed by atoms with van der Waals surface area (Å²) >= 11 is 0. The lowest BCUT2D eigenvalue weighted by atomic mass is 9.93. The zero-order chi connectivity index (χ0) is 15.7. The van der Waals surface area contributed by atoms with Gasteiger partial charge < -0.3 is 11.1 Å². The first-order chi connectivity index (χ1) is 10.5. The van der Waals surface area contributed by atoms with Crippen LogP contribution in [0.4, 0.5) is 0 Å². The predicted molar refractivity (Wildman–Crippen MR) is 85.5 cm³/mol. The van der Waals surface area contributed by atoms with E-state index in [2.05, 4.69) is 17.4 Å². The molecule has 2 aromatic rings. The Morgan fingerprint density at radius 2 is 1.91 bits per heavy atom. The van der Waals surface area contributed by atoms with Gasteiger partial charge in [-0.25, -0.2) is 0 Å². The summed E-state index contributed by atoms with van der Waals surface area (Å²) in [6.45, 7) is 2.71. The molecular formula is C18H18N2O2. The highest BCUT2D eigenvalue weighted by molar-refractivity contribution is 5.94. The topological polar surface area (TPSA) is 72.2 Å². The molecule has 1 fully saturated rings. The van der Waals surface area contributed by atoms with Crippen LogP contribution >= 0.6 is 0 Å². The first-order valence-electron chi connectivity index (χ1n) is 7.32. The van der Waals surface area contributed by atoms with Crippen molar-refractivity contribution in [1.29, 1.82) is 0 Å². The zero-order valence-corrected chi connectivity index (χ0v) is 12.4. The molecule has 4 heteroatoms. The van der Waals surface area contributed by atoms with Crippen molar-refractivity contribution in [2.45, 2.75) is 19.3 Å². The smallest absolute Gasteiger partial charge is 0.248 e. The Bertz CT molecular complexity index is 735. The molecule has 1 unspecified atom stereocenters. The molecule has 1 atom stereocenters. The molecular weight excluding hydrogens is 276 g/mol. The van der Waals surface area contributed by atoms with Gasteiger partial charge in [0.25, 0.3) is 0 Å². The number of aryl methyl sites for hydroxylation is 1. The molecule has 1 saturated heterocycles. The summed E-state index contributed by atoms with van der Waals surface area (Å²) in [6.07, 6.45) is 0.551. The van der Waals surface area contributed by atoms with Crippen molar-refractivity contribution in [1.82, 2.24) is 5.32 Å². The van der Waals surface area contributed by atoms with Crippen LogP contribution in [0, 0.1) is 6.92 Å². The van der Waals surface area contributed by atoms with Crippen molar-refractivity contribution >= 4 is 11.8 Å². The Kier molecular flexibility index (Phi) is 3.67. The summed E-state index contributed by atoms with van der Waals surface area (Å²) in [6, 6.07) is 13.6. The van der Waals surface area contributed by atoms with Crippen molar-refractivity contribution in [2.75, 3.05) is 6.54 Å². The Hall–Kier alpha value is -2.62. The molecule has 3 rings (SSSR count). The standard InChI is InChI=1S/C18H18N2O2/c1-11-2-3-14(18(19)22)8-16(11)13-6-4-12(5-7-13)15-9-17(21)20-10-15/h2-8,15H,9-10H2,1H3,(H2,19,22)(H,20,21). The molecule has 0 radical (unpaired) electrons. The average Bonchev–Trinajstić information content (AvgIpc) is 2.94. The molecule has 0 saturated carbocycles. The number of nitrogens with two attached hydrogens (primary N) is 1. The van der Waals surface area contributed by atoms with E-state index in [1.165, 1.54) is 0 Å². The SMILES string of the molecule is Cc1ccc(C(N)=O)cc1-c1ccc(C2CNC(=O)C2)cc1. The van der Waals surface area contributed by atoms with E-state index in [1.807, 2.05) is 31.2 Å². The van der Waals surface area contributed by atoms with Crippen molar-refractivity contribution in [2.24, 2.45) is 5.73 Å². The quantitative estimate of drug-likeness (QED) is 0.912. The summed E-state index contributed by atoms with van der Waals surface area (Å²) in [7, 11) is 0. The van der Waals surface area contributed by atoms with Crippen LogP contribution in [-0.4, -0.2) is 18.4 Å². The minimum Gasteiger partial charge on any atom is -0.366 e. The van der Waals surface area contributed by atoms with E-state index in [9.17, 15) is 9.59 Å². The van der Waals surface area contributed by atoms with Crippen LogP contribution < -0.4 is 11.1 Å². The van der Waals surface area contributed by atoms with Gasteiger partial charge in [0.2, 0.25) is 11.8 Å². The van der Waals surface area contributed by atoms with Gasteiger partial charge in [0.05, 0.1) is 0 Å². The third-order valence-electron chi connectivity index (χ3n) is 4.19. The fourth-order valence-electron chi connectivity index (χ4n) is 2.86. The van der Waals surface area contributed by atoms with E-state index in [4.69, 9.17) is 5.73 Å². The highest BCUT2D eigenvalue weighted by Gasteiger charge is 2.22. The molecule has 0 aromatic heterocycles. The lowest BCUT2D eigenvalue weighted by molar-refractivity contribution is -0.119. The minimum absolute atomic E-state index is 0.110. The van der Waals surface area contributed by atoms with Crippen molar-refractivity contribution in [3.8, 4) is 11.1 Å². The Labute approximate surface area is 129 Å². The van der Waals surface area contributed by atoms with Crippen LogP contribution in [-0.2, 0) is 4.79 Å². The molecule has 1 aliphatic heterocycles. The van der Waals surface area contributed by atoms with E-state index in [1.54, 1.807) is 6.07 Å². The zero-order valence-electron chi connectivity index (χ0n) is 12.4. The first kappa shape index (κ1) is 14.3. The van der Waals surface area contributed by atoms with Gasteiger partial charge >= 0.3 is 0 Å². The Balaban J connectivity index is 1.91. The maximum atomic E-state index is 11.3. The molecule has 3 N–H and O–H groups in total. The summed E-state index contributed by atoms with van der Waals surface area (Å²) < 4.78 is 0. The number of carbonyl (C=O) groups is 2. The fourth-order valence-corrected chi connectivity index (χ4v) is 2.86. The second kappa shape index (κ2) is 5.64. The number of benzene rings is 2. The maximum absolute atomic E-state index is 11.3. The molecule has 2 aromatic carbocycles. The van der Waals surface area contributed by atoms with Gasteiger partial charge in [-0.05, 0) is 41.3 Å². The highest BCUT2D eigenvalue weighted by atomic mass is 16.2. The van der Waals surface area contributed by atoms with Crippen molar-refractivity contribution in [3.63, 3.8) is 0 Å². The van der Waals surface area contributed by atoms with E-state index in [0.717, 1.165) is 22.3 Å². The van der Waals surface area contributed by atoms with Gasteiger partial charge in [-0.1, -0.05) is 30.3 Å². The summed E-state index contributed by atoms with van der Waals surface area (Å²) in [5, 5.41) is 2.85. The molecule has 0 spiro atoms. The van der Waals surface area contributed by atoms with Crippen LogP contribution in [0.2, 0.25) is 0 Å². The third kappa shape index (κ3) is 2.72. The van der Waals surface area contributed by atoms with E-state index in [0.29, 0.717) is 18.5 Å². The van der Waals surface area contributed by atoms with E-state index < -0.39 is 5.91 Å².